The molecule has 2 amide bonds. The lowest BCUT2D eigenvalue weighted by atomic mass is 9.99. The third kappa shape index (κ3) is 2.28. The zero-order chi connectivity index (χ0) is 15.0. The van der Waals surface area contributed by atoms with E-state index >= 15 is 0 Å². The molecule has 0 bridgehead atoms. The molecule has 5 heteroatoms. The standard InChI is InChI=1S/C16H18N2O3/c1-21-14-4-2-3-11-12(14)6-7-13(11)18-9-10(16(17)20)5-8-15(18)19/h2-5,8,10,13H,6-7,9H2,1H3,(H2,17,20)/t10-,13+/m0/s1. The van der Waals surface area contributed by atoms with Crippen molar-refractivity contribution in [3.63, 3.8) is 0 Å². The lowest BCUT2D eigenvalue weighted by Crippen LogP contribution is -2.43. The summed E-state index contributed by atoms with van der Waals surface area (Å²) < 4.78 is 5.39. The molecule has 21 heavy (non-hydrogen) atoms. The summed E-state index contributed by atoms with van der Waals surface area (Å²) in [6, 6.07) is 5.90. The first-order chi connectivity index (χ1) is 10.1. The molecule has 0 radical (unpaired) electrons. The van der Waals surface area contributed by atoms with Gasteiger partial charge in [0, 0.05) is 6.54 Å². The maximum atomic E-state index is 12.2. The summed E-state index contributed by atoms with van der Waals surface area (Å²) in [6.45, 7) is 0.353. The normalized spacial score (nSPS) is 24.0. The highest BCUT2D eigenvalue weighted by Crippen LogP contribution is 2.41. The maximum absolute atomic E-state index is 12.2. The fraction of sp³-hybridized carbons (Fsp3) is 0.375. The van der Waals surface area contributed by atoms with E-state index in [2.05, 4.69) is 0 Å². The molecule has 1 aromatic rings. The summed E-state index contributed by atoms with van der Waals surface area (Å²) in [5.74, 6) is -0.000378. The van der Waals surface area contributed by atoms with Crippen molar-refractivity contribution in [3.05, 3.63) is 41.5 Å². The Balaban J connectivity index is 1.92. The monoisotopic (exact) mass is 286 g/mol. The van der Waals surface area contributed by atoms with Gasteiger partial charge in [0.05, 0.1) is 19.1 Å². The summed E-state index contributed by atoms with van der Waals surface area (Å²) in [6.07, 6.45) is 4.78. The Morgan fingerprint density at radius 3 is 2.95 bits per heavy atom. The number of carbonyl (C=O) groups excluding carboxylic acids is 2. The van der Waals surface area contributed by atoms with Gasteiger partial charge in [0.1, 0.15) is 5.75 Å². The topological polar surface area (TPSA) is 72.6 Å². The van der Waals surface area contributed by atoms with Gasteiger partial charge in [-0.3, -0.25) is 9.59 Å². The van der Waals surface area contributed by atoms with Crippen molar-refractivity contribution in [2.24, 2.45) is 11.7 Å². The van der Waals surface area contributed by atoms with Crippen molar-refractivity contribution in [2.45, 2.75) is 18.9 Å². The van der Waals surface area contributed by atoms with Crippen molar-refractivity contribution in [1.82, 2.24) is 4.90 Å². The van der Waals surface area contributed by atoms with E-state index in [4.69, 9.17) is 10.5 Å². The first-order valence-corrected chi connectivity index (χ1v) is 7.05. The van der Waals surface area contributed by atoms with Gasteiger partial charge in [-0.05, 0) is 36.1 Å². The molecule has 2 aliphatic rings. The van der Waals surface area contributed by atoms with Gasteiger partial charge in [-0.25, -0.2) is 0 Å². The highest BCUT2D eigenvalue weighted by molar-refractivity contribution is 5.92. The highest BCUT2D eigenvalue weighted by Gasteiger charge is 2.35. The van der Waals surface area contributed by atoms with Crippen LogP contribution in [0, 0.1) is 5.92 Å². The number of benzene rings is 1. The first-order valence-electron chi connectivity index (χ1n) is 7.05. The summed E-state index contributed by atoms with van der Waals surface area (Å²) in [4.78, 5) is 25.3. The summed E-state index contributed by atoms with van der Waals surface area (Å²) in [5.41, 5.74) is 7.63. The Labute approximate surface area is 123 Å². The number of carbonyl (C=O) groups is 2. The molecule has 5 nitrogen and oxygen atoms in total. The van der Waals surface area contributed by atoms with Gasteiger partial charge in [0.2, 0.25) is 11.8 Å². The Hall–Kier alpha value is -2.30. The van der Waals surface area contributed by atoms with Gasteiger partial charge in [0.15, 0.2) is 0 Å². The molecule has 0 aromatic heterocycles. The molecule has 1 aliphatic carbocycles. The van der Waals surface area contributed by atoms with E-state index in [1.54, 1.807) is 18.1 Å². The fourth-order valence-corrected chi connectivity index (χ4v) is 3.24. The smallest absolute Gasteiger partial charge is 0.246 e. The van der Waals surface area contributed by atoms with Gasteiger partial charge in [0.25, 0.3) is 0 Å². The average Bonchev–Trinajstić information content (AvgIpc) is 2.91. The molecule has 0 unspecified atom stereocenters. The Morgan fingerprint density at radius 2 is 2.24 bits per heavy atom. The van der Waals surface area contributed by atoms with Crippen molar-refractivity contribution in [3.8, 4) is 5.75 Å². The Morgan fingerprint density at radius 1 is 1.43 bits per heavy atom. The van der Waals surface area contributed by atoms with Crippen LogP contribution in [0.15, 0.2) is 30.4 Å². The van der Waals surface area contributed by atoms with Crippen molar-refractivity contribution < 1.29 is 14.3 Å². The fourth-order valence-electron chi connectivity index (χ4n) is 3.24. The SMILES string of the molecule is COc1cccc2c1CC[C@H]2N1C[C@@H](C(N)=O)C=CC1=O. The second kappa shape index (κ2) is 5.24. The molecule has 3 rings (SSSR count). The van der Waals surface area contributed by atoms with Crippen molar-refractivity contribution in [1.29, 1.82) is 0 Å². The lowest BCUT2D eigenvalue weighted by Gasteiger charge is -2.33. The molecule has 1 heterocycles. The largest absolute Gasteiger partial charge is 0.496 e. The molecule has 1 aliphatic heterocycles. The predicted molar refractivity (Wildman–Crippen MR) is 77.6 cm³/mol. The average molecular weight is 286 g/mol. The van der Waals surface area contributed by atoms with Gasteiger partial charge < -0.3 is 15.4 Å². The van der Waals surface area contributed by atoms with Crippen LogP contribution in [0.4, 0.5) is 0 Å². The van der Waals surface area contributed by atoms with Crippen LogP contribution in [0.2, 0.25) is 0 Å². The van der Waals surface area contributed by atoms with Crippen LogP contribution in [-0.2, 0) is 16.0 Å². The van der Waals surface area contributed by atoms with Gasteiger partial charge in [-0.2, -0.15) is 0 Å². The van der Waals surface area contributed by atoms with Gasteiger partial charge in [-0.1, -0.05) is 18.2 Å². The van der Waals surface area contributed by atoms with Gasteiger partial charge in [-0.15, -0.1) is 0 Å². The number of ether oxygens (including phenoxy) is 1. The number of nitrogens with zero attached hydrogens (tertiary/aromatic N) is 1. The van der Waals surface area contributed by atoms with E-state index in [0.717, 1.165) is 29.7 Å². The number of fused-ring (bicyclic) bond motifs is 1. The minimum atomic E-state index is -0.405. The number of hydrogen-bond donors (Lipinski definition) is 1. The molecular formula is C16H18N2O3. The second-order valence-electron chi connectivity index (χ2n) is 5.44. The second-order valence-corrected chi connectivity index (χ2v) is 5.44. The molecule has 110 valence electrons. The van der Waals surface area contributed by atoms with Crippen LogP contribution in [0.1, 0.15) is 23.6 Å². The first kappa shape index (κ1) is 13.7. The van der Waals surface area contributed by atoms with E-state index in [0.29, 0.717) is 6.54 Å². The van der Waals surface area contributed by atoms with E-state index in [9.17, 15) is 9.59 Å². The zero-order valence-corrected chi connectivity index (χ0v) is 11.9. The van der Waals surface area contributed by atoms with E-state index < -0.39 is 11.8 Å². The summed E-state index contributed by atoms with van der Waals surface area (Å²) in [5, 5.41) is 0. The van der Waals surface area contributed by atoms with Crippen LogP contribution >= 0.6 is 0 Å². The minimum absolute atomic E-state index is 0.00519. The van der Waals surface area contributed by atoms with Crippen molar-refractivity contribution in [2.75, 3.05) is 13.7 Å². The molecular weight excluding hydrogens is 268 g/mol. The lowest BCUT2D eigenvalue weighted by molar-refractivity contribution is -0.131. The van der Waals surface area contributed by atoms with E-state index in [-0.39, 0.29) is 11.9 Å². The molecule has 0 spiro atoms. The summed E-state index contributed by atoms with van der Waals surface area (Å²) in [7, 11) is 1.65. The van der Waals surface area contributed by atoms with Crippen LogP contribution in [0.3, 0.4) is 0 Å². The number of methoxy groups -OCH3 is 1. The quantitative estimate of drug-likeness (QED) is 0.907. The van der Waals surface area contributed by atoms with Gasteiger partial charge >= 0.3 is 0 Å². The van der Waals surface area contributed by atoms with E-state index in [1.165, 1.54) is 6.08 Å². The predicted octanol–water partition coefficient (Wildman–Crippen LogP) is 1.18. The molecule has 0 saturated heterocycles. The molecule has 2 atom stereocenters. The minimum Gasteiger partial charge on any atom is -0.496 e. The number of hydrogen-bond acceptors (Lipinski definition) is 3. The van der Waals surface area contributed by atoms with Crippen molar-refractivity contribution >= 4 is 11.8 Å². The van der Waals surface area contributed by atoms with E-state index in [1.807, 2.05) is 18.2 Å². The number of primary amides is 1. The van der Waals surface area contributed by atoms with Crippen LogP contribution in [0.5, 0.6) is 5.75 Å². The zero-order valence-electron chi connectivity index (χ0n) is 11.9. The van der Waals surface area contributed by atoms with Crippen LogP contribution in [-0.4, -0.2) is 30.4 Å². The Bertz CT molecular complexity index is 624. The molecule has 1 aromatic carbocycles. The van der Waals surface area contributed by atoms with Crippen LogP contribution < -0.4 is 10.5 Å². The number of amides is 2. The third-order valence-corrected chi connectivity index (χ3v) is 4.31. The van der Waals surface area contributed by atoms with Crippen LogP contribution in [0.25, 0.3) is 0 Å². The highest BCUT2D eigenvalue weighted by atomic mass is 16.5. The molecule has 2 N–H and O–H groups in total. The Kier molecular flexibility index (Phi) is 3.41. The molecule has 0 saturated carbocycles. The maximum Gasteiger partial charge on any atom is 0.246 e. The number of rotatable bonds is 3. The number of nitrogens with two attached hydrogens (primary N) is 1. The summed E-state index contributed by atoms with van der Waals surface area (Å²) >= 11 is 0. The third-order valence-electron chi connectivity index (χ3n) is 4.31. The molecule has 0 fully saturated rings.